The molecule has 1 unspecified atom stereocenters. The number of hydrogen-bond acceptors (Lipinski definition) is 5. The Kier molecular flexibility index (Phi) is 5.93. The van der Waals surface area contributed by atoms with Gasteiger partial charge in [0.1, 0.15) is 23.2 Å². The van der Waals surface area contributed by atoms with E-state index in [1.165, 1.54) is 11.8 Å². The maximum absolute atomic E-state index is 12.0. The highest BCUT2D eigenvalue weighted by atomic mass is 16.4. The van der Waals surface area contributed by atoms with Crippen molar-refractivity contribution in [3.8, 4) is 5.75 Å². The van der Waals surface area contributed by atoms with Crippen LogP contribution in [0.3, 0.4) is 0 Å². The van der Waals surface area contributed by atoms with Gasteiger partial charge in [-0.2, -0.15) is 0 Å². The Bertz CT molecular complexity index is 1230. The van der Waals surface area contributed by atoms with Crippen molar-refractivity contribution in [1.82, 2.24) is 5.32 Å². The van der Waals surface area contributed by atoms with Crippen molar-refractivity contribution in [2.75, 3.05) is 13.2 Å². The SMILES string of the molecule is CC1=CC=C(C(NCCO)c2c(O)c3ccccc3c3occ(C(=O)O)c23)C=CCC1. The zero-order chi connectivity index (χ0) is 22.0. The van der Waals surface area contributed by atoms with Crippen LogP contribution in [0.1, 0.15) is 41.7 Å². The van der Waals surface area contributed by atoms with Crippen LogP contribution in [-0.2, 0) is 0 Å². The fourth-order valence-electron chi connectivity index (χ4n) is 4.11. The van der Waals surface area contributed by atoms with Crippen molar-refractivity contribution >= 4 is 27.7 Å². The number of aliphatic hydroxyl groups excluding tert-OH is 1. The van der Waals surface area contributed by atoms with E-state index in [1.807, 2.05) is 30.4 Å². The summed E-state index contributed by atoms with van der Waals surface area (Å²) in [5.41, 5.74) is 2.92. The summed E-state index contributed by atoms with van der Waals surface area (Å²) >= 11 is 0. The van der Waals surface area contributed by atoms with Gasteiger partial charge in [-0.25, -0.2) is 4.79 Å². The number of hydrogen-bond donors (Lipinski definition) is 4. The fraction of sp³-hybridized carbons (Fsp3) is 0.240. The topological polar surface area (TPSA) is 103 Å². The second-order valence-electron chi connectivity index (χ2n) is 7.70. The smallest absolute Gasteiger partial charge is 0.339 e. The zero-order valence-corrected chi connectivity index (χ0v) is 17.3. The van der Waals surface area contributed by atoms with Crippen LogP contribution in [0.2, 0.25) is 0 Å². The van der Waals surface area contributed by atoms with Gasteiger partial charge in [-0.1, -0.05) is 54.1 Å². The molecule has 1 heterocycles. The number of furan rings is 1. The van der Waals surface area contributed by atoms with Crippen LogP contribution in [-0.4, -0.2) is 34.4 Å². The molecule has 6 nitrogen and oxygen atoms in total. The third kappa shape index (κ3) is 3.87. The number of nitrogens with one attached hydrogen (secondary N) is 1. The number of aliphatic hydroxyl groups is 1. The number of carboxylic acids is 1. The Labute approximate surface area is 179 Å². The number of aromatic hydroxyl groups is 1. The van der Waals surface area contributed by atoms with Crippen LogP contribution >= 0.6 is 0 Å². The van der Waals surface area contributed by atoms with Gasteiger partial charge in [0.25, 0.3) is 0 Å². The molecule has 4 N–H and O–H groups in total. The van der Waals surface area contributed by atoms with E-state index in [2.05, 4.69) is 18.3 Å². The van der Waals surface area contributed by atoms with E-state index in [1.54, 1.807) is 12.1 Å². The van der Waals surface area contributed by atoms with E-state index >= 15 is 0 Å². The minimum atomic E-state index is -1.13. The first-order chi connectivity index (χ1) is 15.0. The van der Waals surface area contributed by atoms with Gasteiger partial charge in [0.15, 0.2) is 0 Å². The molecule has 2 aromatic carbocycles. The van der Waals surface area contributed by atoms with Gasteiger partial charge < -0.3 is 25.1 Å². The van der Waals surface area contributed by atoms with Gasteiger partial charge in [0.05, 0.1) is 12.6 Å². The first kappa shape index (κ1) is 20.9. The summed E-state index contributed by atoms with van der Waals surface area (Å²) in [6.07, 6.45) is 11.1. The molecule has 0 amide bonds. The van der Waals surface area contributed by atoms with Crippen molar-refractivity contribution < 1.29 is 24.5 Å². The molecule has 3 aromatic rings. The number of aromatic carboxylic acids is 1. The summed E-state index contributed by atoms with van der Waals surface area (Å²) in [6, 6.07) is 6.67. The molecule has 1 aliphatic rings. The highest BCUT2D eigenvalue weighted by Gasteiger charge is 2.28. The van der Waals surface area contributed by atoms with Gasteiger partial charge >= 0.3 is 5.97 Å². The van der Waals surface area contributed by atoms with Crippen molar-refractivity contribution in [3.63, 3.8) is 0 Å². The van der Waals surface area contributed by atoms with Crippen LogP contribution < -0.4 is 5.32 Å². The quantitative estimate of drug-likeness (QED) is 0.456. The average molecular weight is 419 g/mol. The second-order valence-corrected chi connectivity index (χ2v) is 7.70. The van der Waals surface area contributed by atoms with E-state index < -0.39 is 12.0 Å². The molecule has 1 atom stereocenters. The highest BCUT2D eigenvalue weighted by Crippen LogP contribution is 2.44. The van der Waals surface area contributed by atoms with Crippen molar-refractivity contribution in [1.29, 1.82) is 0 Å². The number of benzene rings is 2. The molecule has 0 aliphatic heterocycles. The summed E-state index contributed by atoms with van der Waals surface area (Å²) in [6.45, 7) is 2.23. The number of phenols is 1. The van der Waals surface area contributed by atoms with E-state index in [-0.39, 0.29) is 24.5 Å². The van der Waals surface area contributed by atoms with Crippen LogP contribution in [0.5, 0.6) is 5.75 Å². The lowest BCUT2D eigenvalue weighted by molar-refractivity contribution is 0.0698. The minimum Gasteiger partial charge on any atom is -0.507 e. The molecule has 1 aliphatic carbocycles. The van der Waals surface area contributed by atoms with Crippen LogP contribution in [0.4, 0.5) is 0 Å². The second kappa shape index (κ2) is 8.79. The van der Waals surface area contributed by atoms with Gasteiger partial charge in [-0.3, -0.25) is 0 Å². The normalized spacial score (nSPS) is 15.4. The largest absolute Gasteiger partial charge is 0.507 e. The monoisotopic (exact) mass is 419 g/mol. The molecule has 0 radical (unpaired) electrons. The third-order valence-corrected chi connectivity index (χ3v) is 5.63. The predicted molar refractivity (Wildman–Crippen MR) is 120 cm³/mol. The number of carboxylic acid groups (broad SMARTS) is 1. The fourth-order valence-corrected chi connectivity index (χ4v) is 4.11. The molecular formula is C25H25NO5. The maximum atomic E-state index is 12.0. The number of carbonyl (C=O) groups is 1. The number of allylic oxidation sites excluding steroid dienone is 4. The minimum absolute atomic E-state index is 0.000462. The van der Waals surface area contributed by atoms with Gasteiger partial charge in [-0.05, 0) is 25.3 Å². The van der Waals surface area contributed by atoms with E-state index in [0.717, 1.165) is 18.4 Å². The lowest BCUT2D eigenvalue weighted by atomic mass is 9.89. The summed E-state index contributed by atoms with van der Waals surface area (Å²) in [4.78, 5) is 12.0. The van der Waals surface area contributed by atoms with E-state index in [9.17, 15) is 20.1 Å². The molecule has 0 bridgehead atoms. The van der Waals surface area contributed by atoms with Gasteiger partial charge in [-0.15, -0.1) is 0 Å². The van der Waals surface area contributed by atoms with E-state index in [0.29, 0.717) is 27.3 Å². The van der Waals surface area contributed by atoms with Crippen LogP contribution in [0, 0.1) is 0 Å². The predicted octanol–water partition coefficient (Wildman–Crippen LogP) is 4.84. The number of fused-ring (bicyclic) bond motifs is 3. The standard InChI is InChI=1S/C25H25NO5/c1-15-6-2-3-7-16(11-10-15)22(26-12-13-27)21-20-19(25(29)30)14-31-24(20)18-9-5-4-8-17(18)23(21)28/h3-5,7-11,14,22,26-28H,2,6,12-13H2,1H3,(H,29,30). The summed E-state index contributed by atoms with van der Waals surface area (Å²) in [5, 5.41) is 35.5. The molecule has 0 fully saturated rings. The Morgan fingerprint density at radius 1 is 1.23 bits per heavy atom. The van der Waals surface area contributed by atoms with Crippen LogP contribution in [0.25, 0.3) is 21.7 Å². The van der Waals surface area contributed by atoms with Crippen LogP contribution in [0.15, 0.2) is 70.4 Å². The molecular weight excluding hydrogens is 394 g/mol. The number of phenolic OH excluding ortho intramolecular Hbond substituents is 1. The van der Waals surface area contributed by atoms with Gasteiger partial charge in [0.2, 0.25) is 0 Å². The molecule has 0 spiro atoms. The van der Waals surface area contributed by atoms with E-state index in [4.69, 9.17) is 4.42 Å². The lowest BCUT2D eigenvalue weighted by Crippen LogP contribution is -2.26. The lowest BCUT2D eigenvalue weighted by Gasteiger charge is -2.24. The zero-order valence-electron chi connectivity index (χ0n) is 17.3. The van der Waals surface area contributed by atoms with Gasteiger partial charge in [0, 0.05) is 28.3 Å². The molecule has 160 valence electrons. The molecule has 4 rings (SSSR count). The highest BCUT2D eigenvalue weighted by molar-refractivity contribution is 6.15. The molecule has 6 heteroatoms. The van der Waals surface area contributed by atoms with Crippen molar-refractivity contribution in [2.45, 2.75) is 25.8 Å². The third-order valence-electron chi connectivity index (χ3n) is 5.63. The molecule has 31 heavy (non-hydrogen) atoms. The van der Waals surface area contributed by atoms with Crippen molar-refractivity contribution in [2.24, 2.45) is 0 Å². The Balaban J connectivity index is 2.07. The summed E-state index contributed by atoms with van der Waals surface area (Å²) in [5.74, 6) is -1.13. The van der Waals surface area contributed by atoms with Crippen molar-refractivity contribution in [3.05, 3.63) is 77.1 Å². The Morgan fingerprint density at radius 3 is 2.74 bits per heavy atom. The Morgan fingerprint density at radius 2 is 2.00 bits per heavy atom. The first-order valence-corrected chi connectivity index (χ1v) is 10.3. The first-order valence-electron chi connectivity index (χ1n) is 10.3. The summed E-state index contributed by atoms with van der Waals surface area (Å²) in [7, 11) is 0. The molecule has 1 aromatic heterocycles. The maximum Gasteiger partial charge on any atom is 0.339 e. The molecule has 0 saturated carbocycles. The average Bonchev–Trinajstić information content (AvgIpc) is 3.19. The summed E-state index contributed by atoms with van der Waals surface area (Å²) < 4.78 is 5.70. The molecule has 0 saturated heterocycles. The number of rotatable bonds is 6. The Hall–Kier alpha value is -3.35.